The number of esters is 1. The molecule has 0 aliphatic heterocycles. The Morgan fingerprint density at radius 1 is 1.35 bits per heavy atom. The van der Waals surface area contributed by atoms with Gasteiger partial charge in [-0.15, -0.1) is 0 Å². The van der Waals surface area contributed by atoms with Gasteiger partial charge in [-0.1, -0.05) is 6.07 Å². The van der Waals surface area contributed by atoms with Crippen LogP contribution in [0.4, 0.5) is 0 Å². The summed E-state index contributed by atoms with van der Waals surface area (Å²) in [6, 6.07) is 5.73. The quantitative estimate of drug-likeness (QED) is 0.436. The Kier molecular flexibility index (Phi) is 6.17. The summed E-state index contributed by atoms with van der Waals surface area (Å²) in [4.78, 5) is 27.0. The molecule has 1 aromatic heterocycles. The van der Waals surface area contributed by atoms with E-state index in [0.717, 1.165) is 29.4 Å². The van der Waals surface area contributed by atoms with Crippen molar-refractivity contribution >= 4 is 23.2 Å². The van der Waals surface area contributed by atoms with E-state index in [4.69, 9.17) is 9.47 Å². The van der Waals surface area contributed by atoms with Crippen molar-refractivity contribution < 1.29 is 19.1 Å². The minimum atomic E-state index is -0.439. The first-order valence-corrected chi connectivity index (χ1v) is 7.57. The lowest BCUT2D eigenvalue weighted by Crippen LogP contribution is -2.15. The predicted octanol–water partition coefficient (Wildman–Crippen LogP) is 2.13. The molecule has 6 nitrogen and oxygen atoms in total. The molecule has 0 aliphatic rings. The van der Waals surface area contributed by atoms with Crippen molar-refractivity contribution in [2.75, 3.05) is 27.4 Å². The summed E-state index contributed by atoms with van der Waals surface area (Å²) in [7, 11) is 4.07. The van der Waals surface area contributed by atoms with Crippen molar-refractivity contribution in [3.8, 4) is 5.75 Å². The van der Waals surface area contributed by atoms with Crippen LogP contribution in [0.15, 0.2) is 24.4 Å². The van der Waals surface area contributed by atoms with E-state index in [1.165, 1.54) is 0 Å². The van der Waals surface area contributed by atoms with Crippen LogP contribution in [0.1, 0.15) is 18.4 Å². The smallest absolute Gasteiger partial charge is 0.309 e. The maximum Gasteiger partial charge on any atom is 0.309 e. The van der Waals surface area contributed by atoms with Gasteiger partial charge in [0.15, 0.2) is 0 Å². The van der Waals surface area contributed by atoms with Gasteiger partial charge in [-0.2, -0.15) is 0 Å². The van der Waals surface area contributed by atoms with Gasteiger partial charge in [-0.3, -0.25) is 4.79 Å². The monoisotopic (exact) mass is 318 g/mol. The maximum absolute atomic E-state index is 11.4. The van der Waals surface area contributed by atoms with Crippen LogP contribution in [-0.4, -0.2) is 49.6 Å². The van der Waals surface area contributed by atoms with Crippen LogP contribution in [-0.2, 0) is 20.7 Å². The van der Waals surface area contributed by atoms with Crippen molar-refractivity contribution in [2.45, 2.75) is 19.3 Å². The second-order valence-electron chi connectivity index (χ2n) is 5.53. The Morgan fingerprint density at radius 3 is 2.91 bits per heavy atom. The third kappa shape index (κ3) is 4.82. The molecule has 0 radical (unpaired) electrons. The molecule has 0 bridgehead atoms. The van der Waals surface area contributed by atoms with E-state index in [0.29, 0.717) is 12.0 Å². The molecule has 1 heterocycles. The molecular weight excluding hydrogens is 296 g/mol. The number of nitrogens with zero attached hydrogens (tertiary/aromatic N) is 1. The molecule has 0 atom stereocenters. The SMILES string of the molecule is CN(C)CCc1c[nH]c2cccc(OCOC(=O)CCC=O)c12. The number of carbonyl (C=O) groups is 2. The summed E-state index contributed by atoms with van der Waals surface area (Å²) in [5.41, 5.74) is 2.15. The minimum absolute atomic E-state index is 0.0787. The van der Waals surface area contributed by atoms with Gasteiger partial charge in [0.2, 0.25) is 6.79 Å². The molecule has 23 heavy (non-hydrogen) atoms. The molecule has 0 spiro atoms. The number of hydrogen-bond acceptors (Lipinski definition) is 5. The average Bonchev–Trinajstić information content (AvgIpc) is 2.95. The van der Waals surface area contributed by atoms with Crippen LogP contribution in [0.2, 0.25) is 0 Å². The highest BCUT2D eigenvalue weighted by atomic mass is 16.7. The lowest BCUT2D eigenvalue weighted by molar-refractivity contribution is -0.150. The van der Waals surface area contributed by atoms with Crippen molar-refractivity contribution in [3.63, 3.8) is 0 Å². The van der Waals surface area contributed by atoms with Crippen LogP contribution in [0.3, 0.4) is 0 Å². The fraction of sp³-hybridized carbons (Fsp3) is 0.412. The number of nitrogens with one attached hydrogen (secondary N) is 1. The predicted molar refractivity (Wildman–Crippen MR) is 87.4 cm³/mol. The van der Waals surface area contributed by atoms with Crippen molar-refractivity contribution in [1.29, 1.82) is 0 Å². The molecule has 2 aromatic rings. The van der Waals surface area contributed by atoms with Crippen molar-refractivity contribution in [3.05, 3.63) is 30.0 Å². The Hall–Kier alpha value is -2.34. The Balaban J connectivity index is 2.03. The normalized spacial score (nSPS) is 10.9. The molecule has 1 N–H and O–H groups in total. The van der Waals surface area contributed by atoms with E-state index in [-0.39, 0.29) is 19.6 Å². The molecule has 0 unspecified atom stereocenters. The van der Waals surface area contributed by atoms with Crippen molar-refractivity contribution in [1.82, 2.24) is 9.88 Å². The zero-order valence-electron chi connectivity index (χ0n) is 13.5. The highest BCUT2D eigenvalue weighted by molar-refractivity contribution is 5.89. The van der Waals surface area contributed by atoms with Gasteiger partial charge in [0.1, 0.15) is 12.0 Å². The number of rotatable bonds is 9. The lowest BCUT2D eigenvalue weighted by Gasteiger charge is -2.11. The van der Waals surface area contributed by atoms with Gasteiger partial charge >= 0.3 is 5.97 Å². The summed E-state index contributed by atoms with van der Waals surface area (Å²) in [6.45, 7) is 0.775. The molecule has 6 heteroatoms. The van der Waals surface area contributed by atoms with E-state index < -0.39 is 5.97 Å². The first-order valence-electron chi connectivity index (χ1n) is 7.57. The first-order chi connectivity index (χ1) is 11.1. The number of benzene rings is 1. The van der Waals surface area contributed by atoms with Gasteiger partial charge in [-0.05, 0) is 38.2 Å². The van der Waals surface area contributed by atoms with Crippen LogP contribution in [0.5, 0.6) is 5.75 Å². The number of aromatic nitrogens is 1. The van der Waals surface area contributed by atoms with Gasteiger partial charge in [-0.25, -0.2) is 0 Å². The molecule has 2 rings (SSSR count). The zero-order chi connectivity index (χ0) is 16.7. The Morgan fingerprint density at radius 2 is 2.17 bits per heavy atom. The summed E-state index contributed by atoms with van der Waals surface area (Å²) >= 11 is 0. The molecule has 1 aromatic carbocycles. The van der Waals surface area contributed by atoms with E-state index in [1.807, 2.05) is 38.5 Å². The number of aldehydes is 1. The topological polar surface area (TPSA) is 71.6 Å². The number of H-pyrrole nitrogens is 1. The molecule has 0 saturated heterocycles. The summed E-state index contributed by atoms with van der Waals surface area (Å²) in [6.07, 6.45) is 3.82. The second kappa shape index (κ2) is 8.33. The highest BCUT2D eigenvalue weighted by Gasteiger charge is 2.11. The summed E-state index contributed by atoms with van der Waals surface area (Å²) < 4.78 is 10.6. The van der Waals surface area contributed by atoms with E-state index >= 15 is 0 Å². The summed E-state index contributed by atoms with van der Waals surface area (Å²) in [5, 5.41) is 1.01. The maximum atomic E-state index is 11.4. The van der Waals surface area contributed by atoms with Crippen LogP contribution < -0.4 is 4.74 Å². The fourth-order valence-electron chi connectivity index (χ4n) is 2.29. The van der Waals surface area contributed by atoms with Crippen LogP contribution in [0, 0.1) is 0 Å². The van der Waals surface area contributed by atoms with E-state index in [9.17, 15) is 9.59 Å². The molecule has 0 saturated carbocycles. The third-order valence-corrected chi connectivity index (χ3v) is 3.48. The third-order valence-electron chi connectivity index (χ3n) is 3.48. The Labute approximate surface area is 135 Å². The first kappa shape index (κ1) is 17.0. The molecular formula is C17H22N2O4. The molecule has 0 amide bonds. The van der Waals surface area contributed by atoms with Gasteiger partial charge in [0, 0.05) is 30.1 Å². The molecule has 0 fully saturated rings. The average molecular weight is 318 g/mol. The van der Waals surface area contributed by atoms with Gasteiger partial charge < -0.3 is 24.2 Å². The van der Waals surface area contributed by atoms with Gasteiger partial charge in [0.25, 0.3) is 0 Å². The molecule has 124 valence electrons. The van der Waals surface area contributed by atoms with Crippen LogP contribution >= 0.6 is 0 Å². The van der Waals surface area contributed by atoms with Crippen molar-refractivity contribution in [2.24, 2.45) is 0 Å². The number of ether oxygens (including phenoxy) is 2. The minimum Gasteiger partial charge on any atom is -0.457 e. The van der Waals surface area contributed by atoms with E-state index in [1.54, 1.807) is 0 Å². The number of hydrogen-bond donors (Lipinski definition) is 1. The summed E-state index contributed by atoms with van der Waals surface area (Å²) in [5.74, 6) is 0.242. The number of likely N-dealkylation sites (N-methyl/N-ethyl adjacent to an activating group) is 1. The molecule has 0 aliphatic carbocycles. The second-order valence-corrected chi connectivity index (χ2v) is 5.53. The van der Waals surface area contributed by atoms with Gasteiger partial charge in [0.05, 0.1) is 6.42 Å². The standard InChI is InChI=1S/C17H22N2O4/c1-19(2)9-8-13-11-18-14-5-3-6-15(17(13)14)22-12-23-16(21)7-4-10-20/h3,5-6,10-11,18H,4,7-9,12H2,1-2H3. The zero-order valence-corrected chi connectivity index (χ0v) is 13.5. The van der Waals surface area contributed by atoms with E-state index in [2.05, 4.69) is 9.88 Å². The fourth-order valence-corrected chi connectivity index (χ4v) is 2.29. The number of fused-ring (bicyclic) bond motifs is 1. The lowest BCUT2D eigenvalue weighted by atomic mass is 10.1. The number of aromatic amines is 1. The highest BCUT2D eigenvalue weighted by Crippen LogP contribution is 2.29. The number of carbonyl (C=O) groups excluding carboxylic acids is 2. The van der Waals surface area contributed by atoms with Crippen LogP contribution in [0.25, 0.3) is 10.9 Å². The Bertz CT molecular complexity index is 664. The largest absolute Gasteiger partial charge is 0.457 e.